The number of nitrogens with two attached hydrogens (primary N) is 2. The topological polar surface area (TPSA) is 77.3 Å². The van der Waals surface area contributed by atoms with Crippen molar-refractivity contribution >= 4 is 11.5 Å². The number of pyridine rings is 1. The van der Waals surface area contributed by atoms with Crippen molar-refractivity contribution in [2.75, 3.05) is 0 Å². The molecule has 0 aliphatic carbocycles. The molecule has 0 aromatic carbocycles. The highest BCUT2D eigenvalue weighted by Crippen LogP contribution is 2.22. The second-order valence-corrected chi connectivity index (χ2v) is 2.77. The van der Waals surface area contributed by atoms with Crippen LogP contribution in [-0.4, -0.2) is 16.9 Å². The molecule has 0 unspecified atom stereocenters. The van der Waals surface area contributed by atoms with Gasteiger partial charge in [-0.05, 0) is 12.1 Å². The molecule has 0 spiro atoms. The molecule has 16 heavy (non-hydrogen) atoms. The predicted molar refractivity (Wildman–Crippen MR) is 53.8 cm³/mol. The van der Waals surface area contributed by atoms with Crippen molar-refractivity contribution in [1.82, 2.24) is 4.98 Å². The summed E-state index contributed by atoms with van der Waals surface area (Å²) in [4.78, 5) is 6.95. The minimum absolute atomic E-state index is 0.0837. The van der Waals surface area contributed by atoms with E-state index in [0.29, 0.717) is 6.20 Å². The summed E-state index contributed by atoms with van der Waals surface area (Å²) < 4.78 is 37.5. The first-order valence-corrected chi connectivity index (χ1v) is 4.20. The van der Waals surface area contributed by atoms with E-state index in [9.17, 15) is 13.2 Å². The summed E-state index contributed by atoms with van der Waals surface area (Å²) in [6.07, 6.45) is -2.69. The van der Waals surface area contributed by atoms with Gasteiger partial charge in [0.25, 0.3) is 0 Å². The molecule has 1 heterocycles. The average Bonchev–Trinajstić information content (AvgIpc) is 2.25. The van der Waals surface area contributed by atoms with E-state index in [0.717, 1.165) is 0 Å². The molecule has 4 nitrogen and oxygen atoms in total. The van der Waals surface area contributed by atoms with Gasteiger partial charge in [-0.3, -0.25) is 0 Å². The largest absolute Gasteiger partial charge is 0.435 e. The van der Waals surface area contributed by atoms with E-state index in [1.54, 1.807) is 6.07 Å². The molecule has 4 N–H and O–H groups in total. The lowest BCUT2D eigenvalue weighted by Crippen LogP contribution is -2.29. The Bertz CT molecular complexity index is 409. The van der Waals surface area contributed by atoms with Crippen LogP contribution < -0.4 is 11.5 Å². The number of rotatable bonds is 2. The highest BCUT2D eigenvalue weighted by molar-refractivity contribution is 6.04. The Labute approximate surface area is 89.5 Å². The molecule has 1 aromatic rings. The fraction of sp³-hybridized carbons (Fsp3) is 0.111. The van der Waals surface area contributed by atoms with Crippen LogP contribution >= 0.6 is 0 Å². The zero-order chi connectivity index (χ0) is 12.2. The number of nitrogens with zero attached hydrogens (tertiary/aromatic N) is 2. The quantitative estimate of drug-likeness (QED) is 0.755. The van der Waals surface area contributed by atoms with Gasteiger partial charge in [0.2, 0.25) is 0 Å². The molecule has 0 saturated heterocycles. The van der Waals surface area contributed by atoms with Crippen molar-refractivity contribution in [2.24, 2.45) is 16.5 Å². The standard InChI is InChI=1S/C9H9F3N4/c10-9(11,12)8(6(14)5-13)16-7-3-1-2-4-15-7/h1-5H,13-14H2/b6-5+,16-8-. The van der Waals surface area contributed by atoms with E-state index in [1.165, 1.54) is 18.3 Å². The van der Waals surface area contributed by atoms with Gasteiger partial charge in [-0.25, -0.2) is 9.98 Å². The third kappa shape index (κ3) is 2.97. The SMILES string of the molecule is N/C=C(N)\C(=N\c1ccccn1)C(F)(F)F. The maximum atomic E-state index is 12.5. The van der Waals surface area contributed by atoms with E-state index in [-0.39, 0.29) is 5.82 Å². The summed E-state index contributed by atoms with van der Waals surface area (Å²) in [5, 5.41) is 0. The fourth-order valence-corrected chi connectivity index (χ4v) is 0.905. The zero-order valence-corrected chi connectivity index (χ0v) is 8.07. The van der Waals surface area contributed by atoms with Crippen LogP contribution in [0, 0.1) is 0 Å². The molecule has 0 atom stereocenters. The van der Waals surface area contributed by atoms with Crippen LogP contribution in [0.2, 0.25) is 0 Å². The maximum Gasteiger partial charge on any atom is 0.435 e. The van der Waals surface area contributed by atoms with Crippen LogP contribution in [-0.2, 0) is 0 Å². The van der Waals surface area contributed by atoms with E-state index in [1.807, 2.05) is 0 Å². The van der Waals surface area contributed by atoms with Gasteiger partial charge in [-0.2, -0.15) is 13.2 Å². The number of allylic oxidation sites excluding steroid dienone is 1. The molecule has 86 valence electrons. The lowest BCUT2D eigenvalue weighted by atomic mass is 10.3. The number of halogens is 3. The Hall–Kier alpha value is -2.05. The summed E-state index contributed by atoms with van der Waals surface area (Å²) in [7, 11) is 0. The molecule has 0 bridgehead atoms. The van der Waals surface area contributed by atoms with Crippen molar-refractivity contribution in [3.8, 4) is 0 Å². The lowest BCUT2D eigenvalue weighted by Gasteiger charge is -2.09. The molecular formula is C9H9F3N4. The molecular weight excluding hydrogens is 221 g/mol. The van der Waals surface area contributed by atoms with Crippen LogP contribution in [0.5, 0.6) is 0 Å². The van der Waals surface area contributed by atoms with Crippen LogP contribution in [0.1, 0.15) is 0 Å². The van der Waals surface area contributed by atoms with Crippen molar-refractivity contribution in [3.05, 3.63) is 36.3 Å². The first-order chi connectivity index (χ1) is 7.45. The third-order valence-electron chi connectivity index (χ3n) is 1.60. The van der Waals surface area contributed by atoms with Gasteiger partial charge in [-0.15, -0.1) is 0 Å². The number of aliphatic imine (C=N–C) groups is 1. The molecule has 1 aromatic heterocycles. The molecule has 0 fully saturated rings. The smallest absolute Gasteiger partial charge is 0.403 e. The third-order valence-corrected chi connectivity index (χ3v) is 1.60. The highest BCUT2D eigenvalue weighted by Gasteiger charge is 2.37. The van der Waals surface area contributed by atoms with Crippen molar-refractivity contribution in [3.63, 3.8) is 0 Å². The molecule has 0 aliphatic rings. The normalized spacial score (nSPS) is 13.9. The second kappa shape index (κ2) is 4.65. The maximum absolute atomic E-state index is 12.5. The molecule has 1 rings (SSSR count). The highest BCUT2D eigenvalue weighted by atomic mass is 19.4. The number of hydrogen-bond acceptors (Lipinski definition) is 4. The van der Waals surface area contributed by atoms with E-state index >= 15 is 0 Å². The Balaban J connectivity index is 3.18. The Morgan fingerprint density at radius 2 is 2.06 bits per heavy atom. The van der Waals surface area contributed by atoms with Crippen LogP contribution in [0.3, 0.4) is 0 Å². The van der Waals surface area contributed by atoms with Gasteiger partial charge < -0.3 is 11.5 Å². The predicted octanol–water partition coefficient (Wildman–Crippen LogP) is 1.48. The van der Waals surface area contributed by atoms with Gasteiger partial charge in [0, 0.05) is 12.4 Å². The van der Waals surface area contributed by atoms with Gasteiger partial charge in [0.05, 0.1) is 5.70 Å². The van der Waals surface area contributed by atoms with Crippen molar-refractivity contribution in [2.45, 2.75) is 6.18 Å². The van der Waals surface area contributed by atoms with Gasteiger partial charge in [-0.1, -0.05) is 6.07 Å². The summed E-state index contributed by atoms with van der Waals surface area (Å²) >= 11 is 0. The van der Waals surface area contributed by atoms with E-state index in [4.69, 9.17) is 11.5 Å². The summed E-state index contributed by atoms with van der Waals surface area (Å²) in [6, 6.07) is 4.41. The molecule has 0 radical (unpaired) electrons. The van der Waals surface area contributed by atoms with E-state index < -0.39 is 17.6 Å². The molecule has 0 aliphatic heterocycles. The molecule has 7 heteroatoms. The zero-order valence-electron chi connectivity index (χ0n) is 8.07. The van der Waals surface area contributed by atoms with Crippen LogP contribution in [0.4, 0.5) is 19.0 Å². The second-order valence-electron chi connectivity index (χ2n) is 2.77. The average molecular weight is 230 g/mol. The molecule has 0 amide bonds. The summed E-state index contributed by atoms with van der Waals surface area (Å²) in [6.45, 7) is 0. The monoisotopic (exact) mass is 230 g/mol. The first kappa shape index (κ1) is 12.0. The Morgan fingerprint density at radius 3 is 2.50 bits per heavy atom. The Morgan fingerprint density at radius 1 is 1.38 bits per heavy atom. The van der Waals surface area contributed by atoms with Crippen LogP contribution in [0.15, 0.2) is 41.3 Å². The Kier molecular flexibility index (Phi) is 3.49. The van der Waals surface area contributed by atoms with Gasteiger partial charge >= 0.3 is 6.18 Å². The summed E-state index contributed by atoms with van der Waals surface area (Å²) in [5.41, 5.74) is 8.15. The summed E-state index contributed by atoms with van der Waals surface area (Å²) in [5.74, 6) is -0.0837. The van der Waals surface area contributed by atoms with Gasteiger partial charge in [0.15, 0.2) is 11.5 Å². The number of hydrogen-bond donors (Lipinski definition) is 2. The lowest BCUT2D eigenvalue weighted by molar-refractivity contribution is -0.0582. The number of aromatic nitrogens is 1. The fourth-order valence-electron chi connectivity index (χ4n) is 0.905. The van der Waals surface area contributed by atoms with Crippen molar-refractivity contribution < 1.29 is 13.2 Å². The van der Waals surface area contributed by atoms with E-state index in [2.05, 4.69) is 9.98 Å². The van der Waals surface area contributed by atoms with Gasteiger partial charge in [0.1, 0.15) is 0 Å². The minimum Gasteiger partial charge on any atom is -0.403 e. The van der Waals surface area contributed by atoms with Crippen LogP contribution in [0.25, 0.3) is 0 Å². The number of alkyl halides is 3. The minimum atomic E-state index is -4.67. The first-order valence-electron chi connectivity index (χ1n) is 4.20. The van der Waals surface area contributed by atoms with Crippen molar-refractivity contribution in [1.29, 1.82) is 0 Å². The molecule has 0 saturated carbocycles.